The van der Waals surface area contributed by atoms with Gasteiger partial charge in [-0.25, -0.2) is 4.39 Å². The SMILES string of the molecule is Cc1[nH]ncc1CCCNCc1cc(F)cc(Cl)c1. The fourth-order valence-corrected chi connectivity index (χ4v) is 2.22. The van der Waals surface area contributed by atoms with Gasteiger partial charge in [0.25, 0.3) is 0 Å². The largest absolute Gasteiger partial charge is 0.313 e. The molecule has 0 saturated carbocycles. The van der Waals surface area contributed by atoms with E-state index in [1.54, 1.807) is 6.07 Å². The zero-order valence-corrected chi connectivity index (χ0v) is 11.6. The number of benzene rings is 1. The summed E-state index contributed by atoms with van der Waals surface area (Å²) in [7, 11) is 0. The Balaban J connectivity index is 1.71. The lowest BCUT2D eigenvalue weighted by Gasteiger charge is -2.05. The molecule has 0 aliphatic heterocycles. The Morgan fingerprint density at radius 1 is 1.37 bits per heavy atom. The number of aryl methyl sites for hydroxylation is 2. The summed E-state index contributed by atoms with van der Waals surface area (Å²) >= 11 is 5.80. The molecule has 102 valence electrons. The first kappa shape index (κ1) is 14.0. The van der Waals surface area contributed by atoms with Gasteiger partial charge in [-0.15, -0.1) is 0 Å². The van der Waals surface area contributed by atoms with E-state index >= 15 is 0 Å². The maximum Gasteiger partial charge on any atom is 0.125 e. The van der Waals surface area contributed by atoms with Crippen LogP contribution in [0.5, 0.6) is 0 Å². The summed E-state index contributed by atoms with van der Waals surface area (Å²) < 4.78 is 13.1. The Hall–Kier alpha value is -1.39. The minimum absolute atomic E-state index is 0.293. The van der Waals surface area contributed by atoms with Crippen LogP contribution in [0.15, 0.2) is 24.4 Å². The summed E-state index contributed by atoms with van der Waals surface area (Å²) in [5.41, 5.74) is 3.23. The molecule has 0 bridgehead atoms. The van der Waals surface area contributed by atoms with Crippen molar-refractivity contribution in [2.75, 3.05) is 6.54 Å². The molecule has 0 radical (unpaired) electrons. The van der Waals surface area contributed by atoms with Crippen molar-refractivity contribution in [3.63, 3.8) is 0 Å². The first-order valence-corrected chi connectivity index (χ1v) is 6.67. The molecule has 0 aliphatic rings. The van der Waals surface area contributed by atoms with E-state index in [2.05, 4.69) is 15.5 Å². The maximum atomic E-state index is 13.1. The van der Waals surface area contributed by atoms with E-state index < -0.39 is 0 Å². The lowest BCUT2D eigenvalue weighted by molar-refractivity contribution is 0.616. The number of rotatable bonds is 6. The summed E-state index contributed by atoms with van der Waals surface area (Å²) in [6, 6.07) is 4.59. The number of aromatic amines is 1. The van der Waals surface area contributed by atoms with Crippen molar-refractivity contribution in [2.45, 2.75) is 26.3 Å². The Kier molecular flexibility index (Phi) is 4.93. The van der Waals surface area contributed by atoms with Crippen LogP contribution < -0.4 is 5.32 Å². The molecule has 1 aromatic carbocycles. The number of nitrogens with zero attached hydrogens (tertiary/aromatic N) is 1. The predicted molar refractivity (Wildman–Crippen MR) is 74.8 cm³/mol. The Bertz CT molecular complexity index is 519. The van der Waals surface area contributed by atoms with Crippen LogP contribution in [-0.2, 0) is 13.0 Å². The monoisotopic (exact) mass is 281 g/mol. The number of nitrogens with one attached hydrogen (secondary N) is 2. The van der Waals surface area contributed by atoms with Gasteiger partial charge >= 0.3 is 0 Å². The molecular weight excluding hydrogens is 265 g/mol. The molecule has 19 heavy (non-hydrogen) atoms. The quantitative estimate of drug-likeness (QED) is 0.798. The topological polar surface area (TPSA) is 40.7 Å². The molecule has 2 N–H and O–H groups in total. The molecule has 0 amide bonds. The smallest absolute Gasteiger partial charge is 0.125 e. The van der Waals surface area contributed by atoms with Gasteiger partial charge < -0.3 is 5.32 Å². The second-order valence-corrected chi connectivity index (χ2v) is 5.01. The molecule has 5 heteroatoms. The normalized spacial score (nSPS) is 10.9. The number of hydrogen-bond acceptors (Lipinski definition) is 2. The molecule has 0 atom stereocenters. The average molecular weight is 282 g/mol. The van der Waals surface area contributed by atoms with E-state index in [1.807, 2.05) is 13.1 Å². The van der Waals surface area contributed by atoms with Crippen molar-refractivity contribution in [3.05, 3.63) is 52.1 Å². The van der Waals surface area contributed by atoms with E-state index in [-0.39, 0.29) is 5.82 Å². The molecular formula is C14H17ClFN3. The summed E-state index contributed by atoms with van der Waals surface area (Å²) in [6.07, 6.45) is 3.87. The summed E-state index contributed by atoms with van der Waals surface area (Å²) in [4.78, 5) is 0. The van der Waals surface area contributed by atoms with Gasteiger partial charge in [0.15, 0.2) is 0 Å². The molecule has 3 nitrogen and oxygen atoms in total. The molecule has 0 aliphatic carbocycles. The Morgan fingerprint density at radius 3 is 2.89 bits per heavy atom. The minimum atomic E-state index is -0.293. The molecule has 0 unspecified atom stereocenters. The molecule has 0 fully saturated rings. The van der Waals surface area contributed by atoms with Crippen molar-refractivity contribution in [2.24, 2.45) is 0 Å². The van der Waals surface area contributed by atoms with Crippen molar-refractivity contribution in [3.8, 4) is 0 Å². The highest BCUT2D eigenvalue weighted by Crippen LogP contribution is 2.13. The van der Waals surface area contributed by atoms with Crippen LogP contribution in [0.2, 0.25) is 5.02 Å². The summed E-state index contributed by atoms with van der Waals surface area (Å²) in [6.45, 7) is 3.52. The van der Waals surface area contributed by atoms with Crippen LogP contribution in [0, 0.1) is 12.7 Å². The third-order valence-electron chi connectivity index (χ3n) is 2.99. The predicted octanol–water partition coefficient (Wildman–Crippen LogP) is 3.23. The molecule has 1 aromatic heterocycles. The van der Waals surface area contributed by atoms with Gasteiger partial charge in [0, 0.05) is 17.3 Å². The molecule has 0 saturated heterocycles. The van der Waals surface area contributed by atoms with Gasteiger partial charge in [0.2, 0.25) is 0 Å². The van der Waals surface area contributed by atoms with Crippen molar-refractivity contribution >= 4 is 11.6 Å². The van der Waals surface area contributed by atoms with Crippen LogP contribution in [-0.4, -0.2) is 16.7 Å². The van der Waals surface area contributed by atoms with Crippen molar-refractivity contribution < 1.29 is 4.39 Å². The van der Waals surface area contributed by atoms with E-state index in [9.17, 15) is 4.39 Å². The van der Waals surface area contributed by atoms with E-state index in [0.29, 0.717) is 11.6 Å². The highest BCUT2D eigenvalue weighted by Gasteiger charge is 2.01. The number of aromatic nitrogens is 2. The summed E-state index contributed by atoms with van der Waals surface area (Å²) in [5, 5.41) is 10.6. The zero-order chi connectivity index (χ0) is 13.7. The fraction of sp³-hybridized carbons (Fsp3) is 0.357. The Labute approximate surface area is 117 Å². The van der Waals surface area contributed by atoms with E-state index in [4.69, 9.17) is 11.6 Å². The Morgan fingerprint density at radius 2 is 2.21 bits per heavy atom. The van der Waals surface area contributed by atoms with Gasteiger partial charge in [-0.3, -0.25) is 5.10 Å². The number of H-pyrrole nitrogens is 1. The molecule has 2 rings (SSSR count). The van der Waals surface area contributed by atoms with Crippen LogP contribution in [0.1, 0.15) is 23.2 Å². The highest BCUT2D eigenvalue weighted by molar-refractivity contribution is 6.30. The van der Waals surface area contributed by atoms with Crippen LogP contribution >= 0.6 is 11.6 Å². The second-order valence-electron chi connectivity index (χ2n) is 4.58. The maximum absolute atomic E-state index is 13.1. The third-order valence-corrected chi connectivity index (χ3v) is 3.20. The fourth-order valence-electron chi connectivity index (χ4n) is 1.98. The first-order chi connectivity index (χ1) is 9.15. The number of hydrogen-bond donors (Lipinski definition) is 2. The summed E-state index contributed by atoms with van der Waals surface area (Å²) in [5.74, 6) is -0.293. The van der Waals surface area contributed by atoms with Gasteiger partial charge in [-0.1, -0.05) is 11.6 Å². The first-order valence-electron chi connectivity index (χ1n) is 6.29. The third kappa shape index (κ3) is 4.33. The van der Waals surface area contributed by atoms with Gasteiger partial charge in [-0.2, -0.15) is 5.10 Å². The minimum Gasteiger partial charge on any atom is -0.313 e. The lowest BCUT2D eigenvalue weighted by Crippen LogP contribution is -2.15. The highest BCUT2D eigenvalue weighted by atomic mass is 35.5. The van der Waals surface area contributed by atoms with Crippen LogP contribution in [0.3, 0.4) is 0 Å². The average Bonchev–Trinajstić information content (AvgIpc) is 2.73. The number of halogens is 2. The van der Waals surface area contributed by atoms with Gasteiger partial charge in [-0.05, 0) is 55.6 Å². The van der Waals surface area contributed by atoms with Crippen LogP contribution in [0.25, 0.3) is 0 Å². The van der Waals surface area contributed by atoms with Gasteiger partial charge in [0.05, 0.1) is 6.20 Å². The molecule has 1 heterocycles. The standard InChI is InChI=1S/C14H17ClFN3/c1-10-12(9-18-19-10)3-2-4-17-8-11-5-13(15)7-14(16)6-11/h5-7,9,17H,2-4,8H2,1H3,(H,18,19). The molecule has 2 aromatic rings. The zero-order valence-electron chi connectivity index (χ0n) is 10.8. The second kappa shape index (κ2) is 6.68. The van der Waals surface area contributed by atoms with Crippen molar-refractivity contribution in [1.82, 2.24) is 15.5 Å². The lowest BCUT2D eigenvalue weighted by atomic mass is 10.1. The van der Waals surface area contributed by atoms with Gasteiger partial charge in [0.1, 0.15) is 5.82 Å². The van der Waals surface area contributed by atoms with Crippen molar-refractivity contribution in [1.29, 1.82) is 0 Å². The van der Waals surface area contributed by atoms with E-state index in [0.717, 1.165) is 30.6 Å². The van der Waals surface area contributed by atoms with Crippen LogP contribution in [0.4, 0.5) is 4.39 Å². The molecule has 0 spiro atoms. The van der Waals surface area contributed by atoms with E-state index in [1.165, 1.54) is 17.7 Å².